The Balaban J connectivity index is 0.00000841. The minimum atomic E-state index is -5.44. The third kappa shape index (κ3) is 15.0. The first-order valence-electron chi connectivity index (χ1n) is 14.8. The van der Waals surface area contributed by atoms with Crippen LogP contribution in [0.2, 0.25) is 0 Å². The van der Waals surface area contributed by atoms with Crippen LogP contribution < -0.4 is 216 Å². The zero-order valence-corrected chi connectivity index (χ0v) is 47.4. The van der Waals surface area contributed by atoms with Crippen molar-refractivity contribution in [1.82, 2.24) is 0 Å². The van der Waals surface area contributed by atoms with Crippen LogP contribution in [-0.4, -0.2) is 100 Å². The van der Waals surface area contributed by atoms with Gasteiger partial charge in [-0.25, -0.2) is 43.3 Å². The maximum Gasteiger partial charge on any atom is 1.00 e. The number of anilines is 2. The molecule has 0 spiro atoms. The van der Waals surface area contributed by atoms with Gasteiger partial charge < -0.3 is 27.7 Å². The van der Waals surface area contributed by atoms with E-state index in [1.807, 2.05) is 0 Å². The summed E-state index contributed by atoms with van der Waals surface area (Å²) in [5.41, 5.74) is -4.05. The second-order valence-corrected chi connectivity index (χ2v) is 16.0. The SMILES string of the molecule is CCOC(=O)C1=NN(c2cc(S(=O)(=O)[O-])ccc2S(=O)(=O)[O-])C(=O)C1=CC=CC=CC1C(=O)N(c2cc(S(=O)(=O)[O-])ccc2S(=O)(=O)[O-])N=C1C(=O)OCC.[K+].[K+].[K+].[K+]. The number of hydrazone groups is 2. The van der Waals surface area contributed by atoms with Gasteiger partial charge in [0, 0.05) is 0 Å². The molecule has 0 aromatic heterocycles. The second kappa shape index (κ2) is 24.6. The van der Waals surface area contributed by atoms with Crippen molar-refractivity contribution in [1.29, 1.82) is 0 Å². The Hall–Kier alpha value is 1.07. The molecule has 2 aliphatic heterocycles. The Labute approximate surface area is 507 Å². The van der Waals surface area contributed by atoms with E-state index in [9.17, 15) is 71.1 Å². The summed E-state index contributed by atoms with van der Waals surface area (Å²) in [6, 6.07) is 2.69. The number of esters is 2. The summed E-state index contributed by atoms with van der Waals surface area (Å²) in [6.45, 7) is 2.28. The van der Waals surface area contributed by atoms with Gasteiger partial charge in [0.1, 0.15) is 46.4 Å². The van der Waals surface area contributed by atoms with Gasteiger partial charge in [-0.05, 0) is 56.3 Å². The zero-order chi connectivity index (χ0) is 41.3. The van der Waals surface area contributed by atoms with Crippen LogP contribution in [0.4, 0.5) is 11.4 Å². The number of hydrogen-bond acceptors (Lipinski definition) is 20. The molecule has 1 atom stereocenters. The van der Waals surface area contributed by atoms with Crippen LogP contribution in [0.3, 0.4) is 0 Å². The fourth-order valence-electron chi connectivity index (χ4n) is 4.72. The summed E-state index contributed by atoms with van der Waals surface area (Å²) in [4.78, 5) is 47.9. The summed E-state index contributed by atoms with van der Waals surface area (Å²) in [5.74, 6) is -6.71. The van der Waals surface area contributed by atoms with Crippen LogP contribution >= 0.6 is 0 Å². The molecule has 0 saturated heterocycles. The number of nitrogens with zero attached hydrogens (tertiary/aromatic N) is 4. The molecule has 0 radical (unpaired) electrons. The summed E-state index contributed by atoms with van der Waals surface area (Å²) >= 11 is 0. The van der Waals surface area contributed by atoms with Crippen LogP contribution in [-0.2, 0) is 69.1 Å². The third-order valence-electron chi connectivity index (χ3n) is 7.03. The molecule has 30 heteroatoms. The quantitative estimate of drug-likeness (QED) is 0.0591. The molecule has 0 fully saturated rings. The van der Waals surface area contributed by atoms with Gasteiger partial charge >= 0.3 is 217 Å². The molecular formula is C29H22K4N4O18S4. The zero-order valence-electron chi connectivity index (χ0n) is 31.6. The van der Waals surface area contributed by atoms with E-state index in [4.69, 9.17) is 9.47 Å². The molecule has 2 heterocycles. The molecule has 294 valence electrons. The molecule has 0 saturated carbocycles. The summed E-state index contributed by atoms with van der Waals surface area (Å²) in [5, 5.41) is 7.83. The molecule has 0 aliphatic carbocycles. The van der Waals surface area contributed by atoms with Gasteiger partial charge in [0.05, 0.1) is 49.7 Å². The van der Waals surface area contributed by atoms with Gasteiger partial charge in [-0.15, -0.1) is 0 Å². The van der Waals surface area contributed by atoms with Crippen molar-refractivity contribution >= 4 is 87.0 Å². The predicted octanol–water partition coefficient (Wildman–Crippen LogP) is -12.8. The van der Waals surface area contributed by atoms with Crippen molar-refractivity contribution in [3.8, 4) is 0 Å². The molecule has 22 nitrogen and oxygen atoms in total. The van der Waals surface area contributed by atoms with Crippen molar-refractivity contribution < 1.29 is 286 Å². The van der Waals surface area contributed by atoms with Crippen LogP contribution in [0.1, 0.15) is 13.8 Å². The number of carbonyl (C=O) groups excluding carboxylic acids is 4. The second-order valence-electron chi connectivity index (χ2n) is 10.5. The smallest absolute Gasteiger partial charge is 0.744 e. The summed E-state index contributed by atoms with van der Waals surface area (Å²) < 4.78 is 151. The minimum absolute atomic E-state index is 0. The molecule has 2 amide bonds. The molecule has 4 rings (SSSR count). The Morgan fingerprint density at radius 3 is 1.56 bits per heavy atom. The van der Waals surface area contributed by atoms with Gasteiger partial charge in [-0.2, -0.15) is 20.2 Å². The molecule has 1 unspecified atom stereocenters. The fraction of sp³-hybridized carbons (Fsp3) is 0.172. The Morgan fingerprint density at radius 1 is 0.661 bits per heavy atom. The van der Waals surface area contributed by atoms with Gasteiger partial charge in [0.15, 0.2) is 11.4 Å². The Bertz CT molecular complexity index is 2630. The van der Waals surface area contributed by atoms with E-state index in [0.717, 1.165) is 30.4 Å². The van der Waals surface area contributed by atoms with E-state index in [0.29, 0.717) is 36.4 Å². The van der Waals surface area contributed by atoms with Gasteiger partial charge in [-0.1, -0.05) is 24.3 Å². The molecule has 2 aliphatic rings. The topological polar surface area (TPSA) is 347 Å². The number of allylic oxidation sites excluding steroid dienone is 4. The van der Waals surface area contributed by atoms with Crippen molar-refractivity contribution in [2.75, 3.05) is 23.2 Å². The standard InChI is InChI=1S/C29H26N4O18S4.4K/c1-3-50-28(36)24-18(26(34)32(30-24)20-14-16(52(38,39)40)10-12-22(20)54(44,45)46)8-6-5-7-9-19-25(29(37)51-4-2)31-33(27(19)35)21-15-17(53(41,42)43)11-13-23(21)55(47,48)49;;;;/h5-15,18H,3-4H2,1-2H3,(H,38,39,40)(H,41,42,43)(H,44,45,46)(H,47,48,49);;;;/q;4*+1/p-4. The number of hydrogen-bond donors (Lipinski definition) is 0. The molecule has 2 aromatic carbocycles. The number of amides is 2. The van der Waals surface area contributed by atoms with E-state index in [2.05, 4.69) is 10.2 Å². The maximum absolute atomic E-state index is 13.5. The first-order valence-corrected chi connectivity index (χ1v) is 20.4. The number of ether oxygens (including phenoxy) is 2. The average Bonchev–Trinajstić information content (AvgIpc) is 3.58. The maximum atomic E-state index is 13.5. The van der Waals surface area contributed by atoms with E-state index in [1.165, 1.54) is 13.8 Å². The largest absolute Gasteiger partial charge is 1.00 e. The number of benzene rings is 2. The predicted molar refractivity (Wildman–Crippen MR) is 178 cm³/mol. The monoisotopic (exact) mass is 998 g/mol. The summed E-state index contributed by atoms with van der Waals surface area (Å²) in [6.07, 6.45) is 5.07. The van der Waals surface area contributed by atoms with Crippen molar-refractivity contribution in [2.24, 2.45) is 16.1 Å². The fourth-order valence-corrected chi connectivity index (χ4v) is 6.97. The first kappa shape index (κ1) is 60.1. The van der Waals surface area contributed by atoms with E-state index >= 15 is 0 Å². The van der Waals surface area contributed by atoms with E-state index < -0.39 is 118 Å². The van der Waals surface area contributed by atoms with Gasteiger partial charge in [0.2, 0.25) is 0 Å². The van der Waals surface area contributed by atoms with E-state index in [1.54, 1.807) is 0 Å². The molecular weight excluding hydrogens is 977 g/mol. The van der Waals surface area contributed by atoms with Gasteiger partial charge in [0.25, 0.3) is 11.8 Å². The molecule has 0 N–H and O–H groups in total. The van der Waals surface area contributed by atoms with E-state index in [-0.39, 0.29) is 229 Å². The summed E-state index contributed by atoms with van der Waals surface area (Å²) in [7, 11) is -21.4. The third-order valence-corrected chi connectivity index (χ3v) is 10.5. The number of rotatable bonds is 13. The molecule has 2 aromatic rings. The number of carbonyl (C=O) groups is 4. The average molecular weight is 999 g/mol. The Kier molecular flexibility index (Phi) is 25.0. The van der Waals surface area contributed by atoms with Gasteiger partial charge in [-0.3, -0.25) is 9.59 Å². The van der Waals surface area contributed by atoms with Crippen molar-refractivity contribution in [3.63, 3.8) is 0 Å². The Morgan fingerprint density at radius 2 is 1.12 bits per heavy atom. The molecule has 59 heavy (non-hydrogen) atoms. The minimum Gasteiger partial charge on any atom is -0.744 e. The van der Waals surface area contributed by atoms with Crippen LogP contribution in [0.25, 0.3) is 0 Å². The first-order chi connectivity index (χ1) is 25.4. The van der Waals surface area contributed by atoms with Crippen molar-refractivity contribution in [3.05, 3.63) is 72.4 Å². The van der Waals surface area contributed by atoms with Crippen molar-refractivity contribution in [2.45, 2.75) is 33.4 Å². The normalized spacial score (nSPS) is 16.5. The molecule has 0 bridgehead atoms. The van der Waals surface area contributed by atoms with Crippen LogP contribution in [0.5, 0.6) is 0 Å². The van der Waals surface area contributed by atoms with Crippen LogP contribution in [0, 0.1) is 5.92 Å². The van der Waals surface area contributed by atoms with Crippen LogP contribution in [0.15, 0.2) is 102 Å².